The first-order valence-electron chi connectivity index (χ1n) is 7.39. The van der Waals surface area contributed by atoms with Crippen molar-refractivity contribution in [1.29, 1.82) is 0 Å². The summed E-state index contributed by atoms with van der Waals surface area (Å²) in [6, 6.07) is 5.45. The van der Waals surface area contributed by atoms with Gasteiger partial charge in [0.25, 0.3) is 0 Å². The molecular weight excluding hydrogens is 355 g/mol. The average Bonchev–Trinajstić information content (AvgIpc) is 3.26. The molecule has 4 nitrogen and oxygen atoms in total. The molecule has 0 saturated heterocycles. The van der Waals surface area contributed by atoms with Gasteiger partial charge in [0.1, 0.15) is 5.52 Å². The summed E-state index contributed by atoms with van der Waals surface area (Å²) in [6.07, 6.45) is 4.04. The zero-order chi connectivity index (χ0) is 16.1. The van der Waals surface area contributed by atoms with Crippen molar-refractivity contribution in [2.45, 2.75) is 31.7 Å². The highest BCUT2D eigenvalue weighted by molar-refractivity contribution is 6.35. The number of hydrogen-bond donors (Lipinski definition) is 0. The topological polar surface area (TPSA) is 43.6 Å². The number of nitrogens with zero attached hydrogens (tertiary/aromatic N) is 4. The van der Waals surface area contributed by atoms with Crippen LogP contribution in [0.1, 0.15) is 43.0 Å². The van der Waals surface area contributed by atoms with Crippen LogP contribution >= 0.6 is 34.8 Å². The summed E-state index contributed by atoms with van der Waals surface area (Å²) in [6.45, 7) is 2.04. The van der Waals surface area contributed by atoms with Crippen molar-refractivity contribution in [2.75, 3.05) is 0 Å². The number of halogens is 3. The molecular formula is C16H13Cl3N4. The Morgan fingerprint density at radius 2 is 1.96 bits per heavy atom. The molecule has 1 aliphatic carbocycles. The first-order chi connectivity index (χ1) is 11.0. The highest BCUT2D eigenvalue weighted by Crippen LogP contribution is 2.42. The second-order valence-corrected chi connectivity index (χ2v) is 7.00. The Balaban J connectivity index is 1.85. The molecule has 0 unspecified atom stereocenters. The van der Waals surface area contributed by atoms with Crippen LogP contribution in [-0.4, -0.2) is 19.5 Å². The van der Waals surface area contributed by atoms with E-state index in [2.05, 4.69) is 15.0 Å². The van der Waals surface area contributed by atoms with E-state index in [0.717, 1.165) is 35.3 Å². The molecule has 1 atom stereocenters. The van der Waals surface area contributed by atoms with Crippen molar-refractivity contribution < 1.29 is 0 Å². The lowest BCUT2D eigenvalue weighted by molar-refractivity contribution is 0.652. The summed E-state index contributed by atoms with van der Waals surface area (Å²) in [5.41, 5.74) is 3.48. The van der Waals surface area contributed by atoms with E-state index in [9.17, 15) is 0 Å². The maximum absolute atomic E-state index is 6.34. The van der Waals surface area contributed by atoms with Gasteiger partial charge in [0.2, 0.25) is 5.28 Å². The highest BCUT2D eigenvalue weighted by atomic mass is 35.5. The second-order valence-electron chi connectivity index (χ2n) is 5.82. The van der Waals surface area contributed by atoms with Gasteiger partial charge in [0.05, 0.1) is 18.1 Å². The van der Waals surface area contributed by atoms with Gasteiger partial charge in [0.15, 0.2) is 5.65 Å². The van der Waals surface area contributed by atoms with Crippen LogP contribution < -0.4 is 0 Å². The minimum absolute atomic E-state index is 0.0391. The van der Waals surface area contributed by atoms with Crippen LogP contribution in [0.5, 0.6) is 0 Å². The van der Waals surface area contributed by atoms with E-state index >= 15 is 0 Å². The second kappa shape index (κ2) is 5.62. The minimum Gasteiger partial charge on any atom is -0.308 e. The lowest BCUT2D eigenvalue weighted by Gasteiger charge is -2.16. The summed E-state index contributed by atoms with van der Waals surface area (Å²) < 4.78 is 1.98. The summed E-state index contributed by atoms with van der Waals surface area (Å²) in [7, 11) is 0. The van der Waals surface area contributed by atoms with Crippen molar-refractivity contribution in [3.63, 3.8) is 0 Å². The predicted molar refractivity (Wildman–Crippen MR) is 92.6 cm³/mol. The first kappa shape index (κ1) is 15.2. The molecule has 1 fully saturated rings. The Bertz CT molecular complexity index is 902. The summed E-state index contributed by atoms with van der Waals surface area (Å²) in [4.78, 5) is 13.3. The third kappa shape index (κ3) is 2.69. The lowest BCUT2D eigenvalue weighted by atomic mass is 10.1. The van der Waals surface area contributed by atoms with Crippen LogP contribution in [0.4, 0.5) is 0 Å². The third-order valence-electron chi connectivity index (χ3n) is 4.21. The van der Waals surface area contributed by atoms with Crippen molar-refractivity contribution >= 4 is 46.0 Å². The number of imidazole rings is 1. The van der Waals surface area contributed by atoms with E-state index < -0.39 is 0 Å². The molecule has 0 amide bonds. The molecule has 118 valence electrons. The largest absolute Gasteiger partial charge is 0.308 e. The Kier molecular flexibility index (Phi) is 3.71. The van der Waals surface area contributed by atoms with Crippen LogP contribution in [0.25, 0.3) is 11.2 Å². The molecule has 1 aliphatic rings. The maximum atomic E-state index is 6.34. The van der Waals surface area contributed by atoms with Gasteiger partial charge in [-0.05, 0) is 49.1 Å². The monoisotopic (exact) mass is 366 g/mol. The predicted octanol–water partition coefficient (Wildman–Crippen LogP) is 5.27. The zero-order valence-corrected chi connectivity index (χ0v) is 14.6. The summed E-state index contributed by atoms with van der Waals surface area (Å²) in [5, 5.41) is 1.49. The van der Waals surface area contributed by atoms with Gasteiger partial charge in [-0.25, -0.2) is 9.97 Å². The SMILES string of the molecule is C[C@H](c1ccc(Cl)cc1Cl)n1cnc2c(C3CC3)nc(Cl)nc21. The van der Waals surface area contributed by atoms with Crippen LogP contribution in [0, 0.1) is 0 Å². The molecule has 3 aromatic rings. The molecule has 0 spiro atoms. The maximum Gasteiger partial charge on any atom is 0.224 e. The number of hydrogen-bond acceptors (Lipinski definition) is 3. The molecule has 0 aliphatic heterocycles. The van der Waals surface area contributed by atoms with Gasteiger partial charge < -0.3 is 4.57 Å². The minimum atomic E-state index is -0.0391. The summed E-state index contributed by atoms with van der Waals surface area (Å²) in [5.74, 6) is 0.454. The molecule has 4 rings (SSSR count). The number of fused-ring (bicyclic) bond motifs is 1. The van der Waals surface area contributed by atoms with Gasteiger partial charge in [0, 0.05) is 16.0 Å². The first-order valence-corrected chi connectivity index (χ1v) is 8.53. The Hall–Kier alpha value is -1.36. The van der Waals surface area contributed by atoms with Crippen LogP contribution in [0.2, 0.25) is 15.3 Å². The van der Waals surface area contributed by atoms with E-state index in [1.165, 1.54) is 0 Å². The highest BCUT2D eigenvalue weighted by Gasteiger charge is 2.30. The average molecular weight is 368 g/mol. The molecule has 2 heterocycles. The van der Waals surface area contributed by atoms with Crippen molar-refractivity contribution in [2.24, 2.45) is 0 Å². The molecule has 0 N–H and O–H groups in total. The fourth-order valence-electron chi connectivity index (χ4n) is 2.83. The van der Waals surface area contributed by atoms with Crippen molar-refractivity contribution in [3.05, 3.63) is 51.1 Å². The molecule has 0 bridgehead atoms. The Labute approximate surface area is 148 Å². The smallest absolute Gasteiger partial charge is 0.224 e. The van der Waals surface area contributed by atoms with E-state index in [1.807, 2.05) is 23.6 Å². The molecule has 7 heteroatoms. The fourth-order valence-corrected chi connectivity index (χ4v) is 3.56. The number of benzene rings is 1. The quantitative estimate of drug-likeness (QED) is 0.592. The molecule has 1 saturated carbocycles. The third-order valence-corrected chi connectivity index (χ3v) is 4.95. The lowest BCUT2D eigenvalue weighted by Crippen LogP contribution is -2.07. The van der Waals surface area contributed by atoms with Gasteiger partial charge in [-0.2, -0.15) is 4.98 Å². The standard InChI is InChI=1S/C16H13Cl3N4/c1-8(11-5-4-10(17)6-12(11)18)23-7-20-14-13(9-2-3-9)21-16(19)22-15(14)23/h4-9H,2-3H2,1H3/t8-/m1/s1. The van der Waals surface area contributed by atoms with Crippen molar-refractivity contribution in [3.8, 4) is 0 Å². The van der Waals surface area contributed by atoms with E-state index in [0.29, 0.717) is 16.0 Å². The molecule has 23 heavy (non-hydrogen) atoms. The van der Waals surface area contributed by atoms with Gasteiger partial charge in [-0.1, -0.05) is 29.3 Å². The van der Waals surface area contributed by atoms with Crippen LogP contribution in [-0.2, 0) is 0 Å². The van der Waals surface area contributed by atoms with Gasteiger partial charge in [-0.3, -0.25) is 0 Å². The Morgan fingerprint density at radius 3 is 2.65 bits per heavy atom. The summed E-state index contributed by atoms with van der Waals surface area (Å²) >= 11 is 18.4. The Morgan fingerprint density at radius 1 is 1.17 bits per heavy atom. The molecule has 0 radical (unpaired) electrons. The number of rotatable bonds is 3. The van der Waals surface area contributed by atoms with Gasteiger partial charge >= 0.3 is 0 Å². The van der Waals surface area contributed by atoms with Crippen LogP contribution in [0.15, 0.2) is 24.5 Å². The van der Waals surface area contributed by atoms with Crippen LogP contribution in [0.3, 0.4) is 0 Å². The number of aromatic nitrogens is 4. The zero-order valence-electron chi connectivity index (χ0n) is 12.3. The molecule has 1 aromatic carbocycles. The van der Waals surface area contributed by atoms with E-state index in [-0.39, 0.29) is 11.3 Å². The van der Waals surface area contributed by atoms with Crippen molar-refractivity contribution in [1.82, 2.24) is 19.5 Å². The van der Waals surface area contributed by atoms with E-state index in [1.54, 1.807) is 12.4 Å². The van der Waals surface area contributed by atoms with Gasteiger partial charge in [-0.15, -0.1) is 0 Å². The normalized spacial score (nSPS) is 16.0. The van der Waals surface area contributed by atoms with E-state index in [4.69, 9.17) is 34.8 Å². The fraction of sp³-hybridized carbons (Fsp3) is 0.312. The molecule has 2 aromatic heterocycles.